The number of hydrogen-bond acceptors (Lipinski definition) is 3. The summed E-state index contributed by atoms with van der Waals surface area (Å²) in [5.74, 6) is 1.60. The van der Waals surface area contributed by atoms with Crippen LogP contribution in [0.15, 0.2) is 23.4 Å². The van der Waals surface area contributed by atoms with Crippen LogP contribution in [0.1, 0.15) is 49.1 Å². The molecule has 0 radical (unpaired) electrons. The van der Waals surface area contributed by atoms with Gasteiger partial charge in [-0.15, -0.1) is 0 Å². The predicted octanol–water partition coefficient (Wildman–Crippen LogP) is 3.51. The van der Waals surface area contributed by atoms with Crippen molar-refractivity contribution < 1.29 is 4.84 Å². The van der Waals surface area contributed by atoms with Crippen LogP contribution in [0.5, 0.6) is 0 Å². The van der Waals surface area contributed by atoms with Crippen molar-refractivity contribution in [1.82, 2.24) is 0 Å². The number of nitrogens with one attached hydrogen (secondary N) is 1. The van der Waals surface area contributed by atoms with Crippen molar-refractivity contribution in [2.75, 3.05) is 18.5 Å². The predicted molar refractivity (Wildman–Crippen MR) is 76.7 cm³/mol. The summed E-state index contributed by atoms with van der Waals surface area (Å²) in [6, 6.07) is 6.49. The second-order valence-corrected chi connectivity index (χ2v) is 5.99. The summed E-state index contributed by atoms with van der Waals surface area (Å²) in [7, 11) is 0. The van der Waals surface area contributed by atoms with Crippen LogP contribution in [0.4, 0.5) is 5.69 Å². The first kappa shape index (κ1) is 11.3. The molecule has 19 heavy (non-hydrogen) atoms. The maximum Gasteiger partial charge on any atom is 0.117 e. The van der Waals surface area contributed by atoms with Gasteiger partial charge in [0.2, 0.25) is 0 Å². The van der Waals surface area contributed by atoms with E-state index in [4.69, 9.17) is 4.84 Å². The second kappa shape index (κ2) is 4.55. The van der Waals surface area contributed by atoms with Gasteiger partial charge in [0.05, 0.1) is 5.71 Å². The second-order valence-electron chi connectivity index (χ2n) is 5.99. The van der Waals surface area contributed by atoms with Crippen LogP contribution in [-0.4, -0.2) is 18.9 Å². The Kier molecular flexibility index (Phi) is 2.71. The zero-order chi connectivity index (χ0) is 12.7. The Balaban J connectivity index is 1.53. The summed E-state index contributed by atoms with van der Waals surface area (Å²) in [4.78, 5) is 5.54. The summed E-state index contributed by atoms with van der Waals surface area (Å²) in [5.41, 5.74) is 5.23. The highest BCUT2D eigenvalue weighted by atomic mass is 16.6. The van der Waals surface area contributed by atoms with Crippen LogP contribution in [0.2, 0.25) is 0 Å². The van der Waals surface area contributed by atoms with Gasteiger partial charge in [0.1, 0.15) is 6.61 Å². The third kappa shape index (κ3) is 2.11. The van der Waals surface area contributed by atoms with Crippen molar-refractivity contribution in [3.05, 3.63) is 29.3 Å². The molecule has 1 N–H and O–H groups in total. The van der Waals surface area contributed by atoms with Crippen molar-refractivity contribution in [3.63, 3.8) is 0 Å². The van der Waals surface area contributed by atoms with Crippen LogP contribution in [-0.2, 0) is 4.84 Å². The number of rotatable bonds is 4. The Morgan fingerprint density at radius 2 is 2.21 bits per heavy atom. The molecule has 0 amide bonds. The van der Waals surface area contributed by atoms with E-state index in [1.807, 2.05) is 0 Å². The van der Waals surface area contributed by atoms with E-state index in [-0.39, 0.29) is 0 Å². The van der Waals surface area contributed by atoms with Gasteiger partial charge in [0, 0.05) is 23.7 Å². The average molecular weight is 256 g/mol. The summed E-state index contributed by atoms with van der Waals surface area (Å²) in [6.45, 7) is 1.87. The van der Waals surface area contributed by atoms with Gasteiger partial charge in [-0.05, 0) is 36.8 Å². The highest BCUT2D eigenvalue weighted by Crippen LogP contribution is 2.41. The minimum Gasteiger partial charge on any atom is -0.396 e. The molecule has 3 heteroatoms. The largest absolute Gasteiger partial charge is 0.396 e. The molecular weight excluding hydrogens is 236 g/mol. The fourth-order valence-electron chi connectivity index (χ4n) is 3.28. The molecule has 1 aromatic carbocycles. The van der Waals surface area contributed by atoms with E-state index in [9.17, 15) is 0 Å². The van der Waals surface area contributed by atoms with Crippen molar-refractivity contribution in [2.24, 2.45) is 11.1 Å². The highest BCUT2D eigenvalue weighted by Gasteiger charge is 2.31. The van der Waals surface area contributed by atoms with Crippen LogP contribution in [0.3, 0.4) is 0 Å². The van der Waals surface area contributed by atoms with Crippen LogP contribution < -0.4 is 5.32 Å². The fourth-order valence-corrected chi connectivity index (χ4v) is 3.28. The third-order valence-electron chi connectivity index (χ3n) is 4.58. The standard InChI is InChI=1S/C16H20N2O/c1-2-13-14(18-19-9-8-11-4-5-11)7-6-12-10-17-15(3-1)16(12)13/h1-3,11-12,17H,4-10H2/b18-14-. The smallest absolute Gasteiger partial charge is 0.117 e. The quantitative estimate of drug-likeness (QED) is 0.660. The Bertz CT molecular complexity index is 519. The van der Waals surface area contributed by atoms with Gasteiger partial charge in [0.15, 0.2) is 0 Å². The van der Waals surface area contributed by atoms with Crippen molar-refractivity contribution in [1.29, 1.82) is 0 Å². The minimum absolute atomic E-state index is 0.677. The Morgan fingerprint density at radius 1 is 1.26 bits per heavy atom. The molecule has 1 atom stereocenters. The van der Waals surface area contributed by atoms with Gasteiger partial charge >= 0.3 is 0 Å². The molecule has 1 fully saturated rings. The summed E-state index contributed by atoms with van der Waals surface area (Å²) < 4.78 is 0. The summed E-state index contributed by atoms with van der Waals surface area (Å²) in [5, 5.41) is 7.91. The van der Waals surface area contributed by atoms with Gasteiger partial charge in [-0.2, -0.15) is 0 Å². The fraction of sp³-hybridized carbons (Fsp3) is 0.562. The molecule has 100 valence electrons. The van der Waals surface area contributed by atoms with E-state index in [1.54, 1.807) is 0 Å². The van der Waals surface area contributed by atoms with Gasteiger partial charge in [-0.1, -0.05) is 30.1 Å². The molecule has 4 rings (SSSR count). The summed E-state index contributed by atoms with van der Waals surface area (Å²) >= 11 is 0. The van der Waals surface area contributed by atoms with Crippen molar-refractivity contribution in [3.8, 4) is 0 Å². The zero-order valence-corrected chi connectivity index (χ0v) is 11.2. The molecule has 1 aromatic rings. The zero-order valence-electron chi connectivity index (χ0n) is 11.2. The van der Waals surface area contributed by atoms with E-state index < -0.39 is 0 Å². The lowest BCUT2D eigenvalue weighted by atomic mass is 9.83. The first-order valence-corrected chi connectivity index (χ1v) is 7.48. The Hall–Kier alpha value is -1.51. The van der Waals surface area contributed by atoms with Crippen molar-refractivity contribution >= 4 is 11.4 Å². The number of hydrogen-bond donors (Lipinski definition) is 1. The highest BCUT2D eigenvalue weighted by molar-refractivity contribution is 6.04. The van der Waals surface area contributed by atoms with E-state index >= 15 is 0 Å². The molecule has 0 aromatic heterocycles. The normalized spacial score (nSPS) is 26.1. The SMILES string of the molecule is c1cc2c3c(c1)/C(=N\OCCC1CC1)CCC3CN2. The number of nitrogens with zero attached hydrogens (tertiary/aromatic N) is 1. The average Bonchev–Trinajstić information content (AvgIpc) is 3.18. The molecule has 0 saturated heterocycles. The van der Waals surface area contributed by atoms with E-state index in [1.165, 1.54) is 42.5 Å². The van der Waals surface area contributed by atoms with E-state index in [0.29, 0.717) is 5.92 Å². The maximum absolute atomic E-state index is 5.54. The molecule has 2 aliphatic carbocycles. The van der Waals surface area contributed by atoms with E-state index in [2.05, 4.69) is 28.7 Å². The lowest BCUT2D eigenvalue weighted by Crippen LogP contribution is -2.16. The van der Waals surface area contributed by atoms with Gasteiger partial charge in [-0.3, -0.25) is 0 Å². The van der Waals surface area contributed by atoms with Crippen LogP contribution >= 0.6 is 0 Å². The Labute approximate surface area is 114 Å². The third-order valence-corrected chi connectivity index (χ3v) is 4.58. The number of benzene rings is 1. The molecule has 3 nitrogen and oxygen atoms in total. The molecule has 1 aliphatic heterocycles. The lowest BCUT2D eigenvalue weighted by Gasteiger charge is -2.21. The molecule has 1 unspecified atom stereocenters. The molecule has 3 aliphatic rings. The van der Waals surface area contributed by atoms with E-state index in [0.717, 1.165) is 31.2 Å². The van der Waals surface area contributed by atoms with Crippen LogP contribution in [0, 0.1) is 5.92 Å². The first-order valence-electron chi connectivity index (χ1n) is 7.48. The number of anilines is 1. The van der Waals surface area contributed by atoms with Crippen LogP contribution in [0.25, 0.3) is 0 Å². The molecule has 1 saturated carbocycles. The lowest BCUT2D eigenvalue weighted by molar-refractivity contribution is 0.137. The summed E-state index contributed by atoms with van der Waals surface area (Å²) in [6.07, 6.45) is 6.20. The first-order chi connectivity index (χ1) is 9.42. The number of oxime groups is 1. The molecular formula is C16H20N2O. The van der Waals surface area contributed by atoms with Gasteiger partial charge in [0.25, 0.3) is 0 Å². The van der Waals surface area contributed by atoms with Crippen molar-refractivity contribution in [2.45, 2.75) is 38.0 Å². The molecule has 0 bridgehead atoms. The Morgan fingerprint density at radius 3 is 3.11 bits per heavy atom. The molecule has 0 spiro atoms. The minimum atomic E-state index is 0.677. The van der Waals surface area contributed by atoms with Gasteiger partial charge in [-0.25, -0.2) is 0 Å². The topological polar surface area (TPSA) is 33.6 Å². The maximum atomic E-state index is 5.54. The monoisotopic (exact) mass is 256 g/mol. The van der Waals surface area contributed by atoms with Gasteiger partial charge < -0.3 is 10.2 Å². The molecule has 1 heterocycles.